The lowest BCUT2D eigenvalue weighted by Crippen LogP contribution is -2.09. The molecule has 178 valence electrons. The number of para-hydroxylation sites is 2. The molecule has 34 heavy (non-hydrogen) atoms. The van der Waals surface area contributed by atoms with Crippen LogP contribution >= 0.6 is 23.2 Å². The number of aromatic nitrogens is 2. The lowest BCUT2D eigenvalue weighted by atomic mass is 9.99. The second kappa shape index (κ2) is 11.6. The van der Waals surface area contributed by atoms with Crippen LogP contribution in [-0.2, 0) is 13.2 Å². The highest BCUT2D eigenvalue weighted by Crippen LogP contribution is 2.28. The van der Waals surface area contributed by atoms with Crippen molar-refractivity contribution in [2.75, 3.05) is 6.61 Å². The fourth-order valence-corrected chi connectivity index (χ4v) is 4.37. The van der Waals surface area contributed by atoms with Gasteiger partial charge in [0.05, 0.1) is 22.7 Å². The van der Waals surface area contributed by atoms with Crippen molar-refractivity contribution in [3.63, 3.8) is 0 Å². The molecule has 0 saturated heterocycles. The van der Waals surface area contributed by atoms with E-state index in [1.807, 2.05) is 18.2 Å². The molecule has 1 atom stereocenters. The number of ether oxygens (including phenoxy) is 2. The zero-order valence-electron chi connectivity index (χ0n) is 19.6. The van der Waals surface area contributed by atoms with Gasteiger partial charge in [-0.3, -0.25) is 0 Å². The summed E-state index contributed by atoms with van der Waals surface area (Å²) in [7, 11) is 0. The van der Waals surface area contributed by atoms with Crippen LogP contribution in [0, 0.1) is 0 Å². The van der Waals surface area contributed by atoms with E-state index in [1.165, 1.54) is 5.56 Å². The fourth-order valence-electron chi connectivity index (χ4n) is 3.91. The molecule has 4 rings (SSSR count). The molecular weight excluding hydrogens is 467 g/mol. The van der Waals surface area contributed by atoms with E-state index in [2.05, 4.69) is 48.7 Å². The highest BCUT2D eigenvalue weighted by atomic mass is 35.5. The molecule has 0 N–H and O–H groups in total. The third-order valence-corrected chi connectivity index (χ3v) is 6.62. The van der Waals surface area contributed by atoms with Gasteiger partial charge in [0.25, 0.3) is 0 Å². The van der Waals surface area contributed by atoms with Crippen LogP contribution in [0.5, 0.6) is 11.5 Å². The number of hydrogen-bond donors (Lipinski definition) is 0. The SMILES string of the molecule is CCC(C)c1ccc(OCCCCn2c(COc3ccc(Cl)cc3Cl)nc3ccccc32)cc1. The number of fused-ring (bicyclic) bond motifs is 1. The van der Waals surface area contributed by atoms with Crippen molar-refractivity contribution in [1.82, 2.24) is 9.55 Å². The quantitative estimate of drug-likeness (QED) is 0.196. The summed E-state index contributed by atoms with van der Waals surface area (Å²) in [5.41, 5.74) is 3.42. The second-order valence-corrected chi connectivity index (χ2v) is 9.31. The maximum atomic E-state index is 6.26. The third-order valence-electron chi connectivity index (χ3n) is 6.09. The average Bonchev–Trinajstić information content (AvgIpc) is 3.20. The van der Waals surface area contributed by atoms with Crippen molar-refractivity contribution in [2.45, 2.75) is 52.2 Å². The topological polar surface area (TPSA) is 36.3 Å². The number of rotatable bonds is 11. The maximum absolute atomic E-state index is 6.26. The summed E-state index contributed by atoms with van der Waals surface area (Å²) in [6, 6.07) is 21.9. The minimum atomic E-state index is 0.328. The summed E-state index contributed by atoms with van der Waals surface area (Å²) in [6.07, 6.45) is 3.06. The molecule has 0 aliphatic carbocycles. The number of hydrogen-bond acceptors (Lipinski definition) is 3. The fraction of sp³-hybridized carbons (Fsp3) is 0.321. The summed E-state index contributed by atoms with van der Waals surface area (Å²) in [6.45, 7) is 6.31. The Morgan fingerprint density at radius 3 is 2.50 bits per heavy atom. The molecule has 0 bridgehead atoms. The summed E-state index contributed by atoms with van der Waals surface area (Å²) in [4.78, 5) is 4.79. The Morgan fingerprint density at radius 1 is 0.941 bits per heavy atom. The molecule has 3 aromatic carbocycles. The van der Waals surface area contributed by atoms with Crippen molar-refractivity contribution in [3.8, 4) is 11.5 Å². The molecule has 1 aromatic heterocycles. The number of benzene rings is 3. The summed E-state index contributed by atoms with van der Waals surface area (Å²) < 4.78 is 14.2. The molecule has 0 saturated carbocycles. The summed E-state index contributed by atoms with van der Waals surface area (Å²) >= 11 is 12.3. The van der Waals surface area contributed by atoms with E-state index in [9.17, 15) is 0 Å². The van der Waals surface area contributed by atoms with E-state index in [-0.39, 0.29) is 0 Å². The van der Waals surface area contributed by atoms with Crippen LogP contribution in [0.3, 0.4) is 0 Å². The molecule has 0 amide bonds. The average molecular weight is 497 g/mol. The third kappa shape index (κ3) is 6.05. The zero-order chi connectivity index (χ0) is 23.9. The van der Waals surface area contributed by atoms with E-state index in [1.54, 1.807) is 18.2 Å². The Labute approximate surface area is 211 Å². The lowest BCUT2D eigenvalue weighted by molar-refractivity contribution is 0.285. The van der Waals surface area contributed by atoms with Crippen LogP contribution in [-0.4, -0.2) is 16.2 Å². The largest absolute Gasteiger partial charge is 0.494 e. The molecule has 1 unspecified atom stereocenters. The number of unbranched alkanes of at least 4 members (excludes halogenated alkanes) is 1. The first-order chi connectivity index (χ1) is 16.5. The Morgan fingerprint density at radius 2 is 1.74 bits per heavy atom. The number of imidazole rings is 1. The van der Waals surface area contributed by atoms with Crippen molar-refractivity contribution in [3.05, 3.63) is 88.2 Å². The van der Waals surface area contributed by atoms with Crippen LogP contribution < -0.4 is 9.47 Å². The molecule has 0 radical (unpaired) electrons. The standard InChI is InChI=1S/C28H30Cl2N2O2/c1-3-20(2)21-10-13-23(14-11-21)33-17-7-6-16-32-26-9-5-4-8-25(26)31-28(32)19-34-27-15-12-22(29)18-24(27)30/h4-5,8-15,18,20H,3,6-7,16-17,19H2,1-2H3. The van der Waals surface area contributed by atoms with Gasteiger partial charge in [0, 0.05) is 11.6 Å². The molecule has 0 fully saturated rings. The predicted octanol–water partition coefficient (Wildman–Crippen LogP) is 8.29. The first kappa shape index (κ1) is 24.4. The predicted molar refractivity (Wildman–Crippen MR) is 140 cm³/mol. The zero-order valence-corrected chi connectivity index (χ0v) is 21.1. The van der Waals surface area contributed by atoms with Crippen LogP contribution in [0.2, 0.25) is 10.0 Å². The van der Waals surface area contributed by atoms with E-state index >= 15 is 0 Å². The molecule has 0 aliphatic heterocycles. The van der Waals surface area contributed by atoms with E-state index in [0.29, 0.717) is 34.9 Å². The summed E-state index contributed by atoms with van der Waals surface area (Å²) in [5, 5.41) is 1.07. The first-order valence-electron chi connectivity index (χ1n) is 11.8. The maximum Gasteiger partial charge on any atom is 0.147 e. The molecule has 4 aromatic rings. The van der Waals surface area contributed by atoms with E-state index in [0.717, 1.165) is 48.4 Å². The Kier molecular flexibility index (Phi) is 8.36. The molecule has 6 heteroatoms. The summed E-state index contributed by atoms with van der Waals surface area (Å²) in [5.74, 6) is 2.97. The lowest BCUT2D eigenvalue weighted by Gasteiger charge is -2.12. The number of halogens is 2. The van der Waals surface area contributed by atoms with Gasteiger partial charge in [-0.25, -0.2) is 4.98 Å². The van der Waals surface area contributed by atoms with Gasteiger partial charge >= 0.3 is 0 Å². The van der Waals surface area contributed by atoms with Crippen LogP contribution in [0.4, 0.5) is 0 Å². The van der Waals surface area contributed by atoms with Gasteiger partial charge in [0.15, 0.2) is 0 Å². The van der Waals surface area contributed by atoms with Gasteiger partial charge in [-0.1, -0.05) is 61.3 Å². The van der Waals surface area contributed by atoms with E-state index in [4.69, 9.17) is 37.7 Å². The first-order valence-corrected chi connectivity index (χ1v) is 12.6. The van der Waals surface area contributed by atoms with Crippen molar-refractivity contribution in [2.24, 2.45) is 0 Å². The minimum Gasteiger partial charge on any atom is -0.494 e. The Bertz CT molecular complexity index is 1220. The van der Waals surface area contributed by atoms with E-state index < -0.39 is 0 Å². The second-order valence-electron chi connectivity index (χ2n) is 8.47. The monoisotopic (exact) mass is 496 g/mol. The molecule has 1 heterocycles. The Hall–Kier alpha value is -2.69. The van der Waals surface area contributed by atoms with Gasteiger partial charge in [-0.05, 0) is 73.2 Å². The number of nitrogens with zero attached hydrogens (tertiary/aromatic N) is 2. The van der Waals surface area contributed by atoms with Gasteiger partial charge in [0.1, 0.15) is 23.9 Å². The molecule has 4 nitrogen and oxygen atoms in total. The van der Waals surface area contributed by atoms with Crippen molar-refractivity contribution in [1.29, 1.82) is 0 Å². The van der Waals surface area contributed by atoms with Gasteiger partial charge in [-0.15, -0.1) is 0 Å². The van der Waals surface area contributed by atoms with Crippen LogP contribution in [0.1, 0.15) is 50.4 Å². The molecular formula is C28H30Cl2N2O2. The van der Waals surface area contributed by atoms with Crippen molar-refractivity contribution < 1.29 is 9.47 Å². The van der Waals surface area contributed by atoms with Gasteiger partial charge in [-0.2, -0.15) is 0 Å². The van der Waals surface area contributed by atoms with Gasteiger partial charge in [0.2, 0.25) is 0 Å². The highest BCUT2D eigenvalue weighted by Gasteiger charge is 2.12. The normalized spacial score (nSPS) is 12.1. The smallest absolute Gasteiger partial charge is 0.147 e. The molecule has 0 aliphatic rings. The minimum absolute atomic E-state index is 0.328. The Balaban J connectivity index is 1.34. The van der Waals surface area contributed by atoms with Crippen LogP contribution in [0.25, 0.3) is 11.0 Å². The van der Waals surface area contributed by atoms with Crippen LogP contribution in [0.15, 0.2) is 66.7 Å². The highest BCUT2D eigenvalue weighted by molar-refractivity contribution is 6.35. The van der Waals surface area contributed by atoms with Crippen molar-refractivity contribution >= 4 is 34.2 Å². The molecule has 0 spiro atoms. The number of aryl methyl sites for hydroxylation is 1. The van der Waals surface area contributed by atoms with Gasteiger partial charge < -0.3 is 14.0 Å².